The summed E-state index contributed by atoms with van der Waals surface area (Å²) in [4.78, 5) is 34.5. The molecule has 0 fully saturated rings. The monoisotopic (exact) mass is 345 g/mol. The van der Waals surface area contributed by atoms with Crippen molar-refractivity contribution in [2.24, 2.45) is 5.73 Å². The Balaban J connectivity index is 1.88. The van der Waals surface area contributed by atoms with E-state index in [1.807, 2.05) is 0 Å². The quantitative estimate of drug-likeness (QED) is 0.718. The molecule has 124 valence electrons. The highest BCUT2D eigenvalue weighted by Crippen LogP contribution is 2.14. The number of primary amides is 1. The molecule has 2 aromatic carbocycles. The number of benzene rings is 2. The predicted octanol–water partition coefficient (Wildman–Crippen LogP) is 1.62. The van der Waals surface area contributed by atoms with Crippen LogP contribution in [0.15, 0.2) is 48.5 Å². The van der Waals surface area contributed by atoms with Crippen LogP contribution in [-0.2, 0) is 27.3 Å². The van der Waals surface area contributed by atoms with Crippen LogP contribution in [0, 0.1) is 0 Å². The molecule has 6 nitrogen and oxygen atoms in total. The number of hydrogen-bond acceptors (Lipinski definition) is 3. The average molecular weight is 346 g/mol. The molecule has 0 aromatic heterocycles. The third-order valence-corrected chi connectivity index (χ3v) is 3.56. The van der Waals surface area contributed by atoms with Crippen LogP contribution in [0.1, 0.15) is 11.1 Å². The molecule has 0 aliphatic carbocycles. The van der Waals surface area contributed by atoms with E-state index in [0.29, 0.717) is 10.7 Å². The molecule has 3 amide bonds. The van der Waals surface area contributed by atoms with Crippen molar-refractivity contribution in [2.45, 2.75) is 13.0 Å². The second-order valence-corrected chi connectivity index (χ2v) is 5.48. The molecular formula is C17H16ClN3O3. The normalized spacial score (nSPS) is 10.0. The Labute approximate surface area is 144 Å². The van der Waals surface area contributed by atoms with Gasteiger partial charge in [0.15, 0.2) is 0 Å². The highest BCUT2D eigenvalue weighted by molar-refractivity contribution is 6.39. The Morgan fingerprint density at radius 1 is 0.958 bits per heavy atom. The Morgan fingerprint density at radius 3 is 2.25 bits per heavy atom. The molecule has 2 aromatic rings. The van der Waals surface area contributed by atoms with E-state index in [2.05, 4.69) is 10.6 Å². The number of amides is 3. The topological polar surface area (TPSA) is 101 Å². The zero-order chi connectivity index (χ0) is 17.5. The number of halogens is 1. The minimum atomic E-state index is -0.787. The Morgan fingerprint density at radius 2 is 1.62 bits per heavy atom. The van der Waals surface area contributed by atoms with E-state index in [0.717, 1.165) is 11.1 Å². The molecule has 0 radical (unpaired) electrons. The highest BCUT2D eigenvalue weighted by atomic mass is 35.5. The van der Waals surface area contributed by atoms with Crippen molar-refractivity contribution in [2.75, 3.05) is 5.32 Å². The van der Waals surface area contributed by atoms with E-state index in [1.165, 1.54) is 0 Å². The molecule has 0 bridgehead atoms. The number of nitrogens with two attached hydrogens (primary N) is 1. The fraction of sp³-hybridized carbons (Fsp3) is 0.118. The van der Waals surface area contributed by atoms with Crippen molar-refractivity contribution < 1.29 is 14.4 Å². The van der Waals surface area contributed by atoms with Crippen LogP contribution in [0.25, 0.3) is 0 Å². The van der Waals surface area contributed by atoms with Gasteiger partial charge < -0.3 is 16.4 Å². The van der Waals surface area contributed by atoms with Crippen molar-refractivity contribution in [3.8, 4) is 0 Å². The van der Waals surface area contributed by atoms with E-state index in [9.17, 15) is 14.4 Å². The van der Waals surface area contributed by atoms with Gasteiger partial charge in [0, 0.05) is 17.3 Å². The van der Waals surface area contributed by atoms with E-state index < -0.39 is 17.7 Å². The molecule has 0 aliphatic rings. The summed E-state index contributed by atoms with van der Waals surface area (Å²) in [7, 11) is 0. The summed E-state index contributed by atoms with van der Waals surface area (Å²) < 4.78 is 0. The third kappa shape index (κ3) is 5.10. The first kappa shape index (κ1) is 17.5. The maximum Gasteiger partial charge on any atom is 0.313 e. The second-order valence-electron chi connectivity index (χ2n) is 5.07. The molecule has 0 saturated heterocycles. The SMILES string of the molecule is NC(=O)Cc1ccc(NC(=O)C(=O)NCc2ccccc2Cl)cc1. The number of anilines is 1. The summed E-state index contributed by atoms with van der Waals surface area (Å²) in [6.07, 6.45) is 0.118. The predicted molar refractivity (Wildman–Crippen MR) is 91.3 cm³/mol. The van der Waals surface area contributed by atoms with Crippen molar-refractivity contribution in [1.82, 2.24) is 5.32 Å². The molecule has 0 aliphatic heterocycles. The van der Waals surface area contributed by atoms with Gasteiger partial charge in [0.05, 0.1) is 6.42 Å². The summed E-state index contributed by atoms with van der Waals surface area (Å²) in [5.74, 6) is -1.99. The molecule has 7 heteroatoms. The minimum Gasteiger partial charge on any atom is -0.369 e. The highest BCUT2D eigenvalue weighted by Gasteiger charge is 2.14. The molecule has 0 unspecified atom stereocenters. The van der Waals surface area contributed by atoms with Crippen LogP contribution in [0.2, 0.25) is 5.02 Å². The first-order valence-corrected chi connectivity index (χ1v) is 7.53. The summed E-state index contributed by atoms with van der Waals surface area (Å²) in [6, 6.07) is 13.5. The van der Waals surface area contributed by atoms with Crippen LogP contribution < -0.4 is 16.4 Å². The average Bonchev–Trinajstić information content (AvgIpc) is 2.55. The third-order valence-electron chi connectivity index (χ3n) is 3.19. The van der Waals surface area contributed by atoms with Crippen LogP contribution in [0.4, 0.5) is 5.69 Å². The van der Waals surface area contributed by atoms with Gasteiger partial charge in [0.1, 0.15) is 0 Å². The smallest absolute Gasteiger partial charge is 0.313 e. The molecule has 24 heavy (non-hydrogen) atoms. The van der Waals surface area contributed by atoms with E-state index in [-0.39, 0.29) is 13.0 Å². The van der Waals surface area contributed by atoms with E-state index >= 15 is 0 Å². The zero-order valence-corrected chi connectivity index (χ0v) is 13.5. The second kappa shape index (κ2) is 8.12. The number of rotatable bonds is 5. The molecular weight excluding hydrogens is 330 g/mol. The van der Waals surface area contributed by atoms with Gasteiger partial charge in [0.25, 0.3) is 0 Å². The van der Waals surface area contributed by atoms with Crippen LogP contribution in [0.3, 0.4) is 0 Å². The summed E-state index contributed by atoms with van der Waals surface area (Å²) in [6.45, 7) is 0.156. The van der Waals surface area contributed by atoms with Crippen LogP contribution in [-0.4, -0.2) is 17.7 Å². The minimum absolute atomic E-state index is 0.118. The Hall–Kier alpha value is -2.86. The Kier molecular flexibility index (Phi) is 5.92. The van der Waals surface area contributed by atoms with Gasteiger partial charge in [-0.2, -0.15) is 0 Å². The molecule has 0 atom stereocenters. The lowest BCUT2D eigenvalue weighted by Gasteiger charge is -2.08. The molecule has 4 N–H and O–H groups in total. The first-order valence-electron chi connectivity index (χ1n) is 7.15. The fourth-order valence-electron chi connectivity index (χ4n) is 1.99. The van der Waals surface area contributed by atoms with Gasteiger partial charge in [-0.1, -0.05) is 41.9 Å². The van der Waals surface area contributed by atoms with Gasteiger partial charge in [-0.05, 0) is 29.3 Å². The summed E-state index contributed by atoms with van der Waals surface area (Å²) in [5, 5.41) is 5.49. The van der Waals surface area contributed by atoms with E-state index in [4.69, 9.17) is 17.3 Å². The molecule has 0 saturated carbocycles. The van der Waals surface area contributed by atoms with Crippen molar-refractivity contribution in [3.05, 3.63) is 64.7 Å². The van der Waals surface area contributed by atoms with E-state index in [1.54, 1.807) is 48.5 Å². The van der Waals surface area contributed by atoms with Gasteiger partial charge in [-0.15, -0.1) is 0 Å². The fourth-order valence-corrected chi connectivity index (χ4v) is 2.20. The Bertz CT molecular complexity index is 760. The molecule has 0 spiro atoms. The largest absolute Gasteiger partial charge is 0.369 e. The summed E-state index contributed by atoms with van der Waals surface area (Å²) >= 11 is 5.98. The lowest BCUT2D eigenvalue weighted by molar-refractivity contribution is -0.136. The van der Waals surface area contributed by atoms with Crippen molar-refractivity contribution in [1.29, 1.82) is 0 Å². The maximum absolute atomic E-state index is 11.9. The number of carbonyl (C=O) groups is 3. The van der Waals surface area contributed by atoms with Crippen molar-refractivity contribution >= 4 is 35.0 Å². The standard InChI is InChI=1S/C17H16ClN3O3/c18-14-4-2-1-3-12(14)10-20-16(23)17(24)21-13-7-5-11(6-8-13)9-15(19)22/h1-8H,9-10H2,(H2,19,22)(H,20,23)(H,21,24). The number of nitrogens with one attached hydrogen (secondary N) is 2. The summed E-state index contributed by atoms with van der Waals surface area (Å²) in [5.41, 5.74) is 6.99. The lowest BCUT2D eigenvalue weighted by Crippen LogP contribution is -2.35. The number of carbonyl (C=O) groups excluding carboxylic acids is 3. The van der Waals surface area contributed by atoms with Crippen LogP contribution in [0.5, 0.6) is 0 Å². The van der Waals surface area contributed by atoms with Crippen LogP contribution >= 0.6 is 11.6 Å². The maximum atomic E-state index is 11.9. The molecule has 0 heterocycles. The zero-order valence-electron chi connectivity index (χ0n) is 12.7. The number of hydrogen-bond donors (Lipinski definition) is 3. The van der Waals surface area contributed by atoms with Gasteiger partial charge >= 0.3 is 11.8 Å². The lowest BCUT2D eigenvalue weighted by atomic mass is 10.1. The van der Waals surface area contributed by atoms with Gasteiger partial charge in [-0.3, -0.25) is 14.4 Å². The van der Waals surface area contributed by atoms with Gasteiger partial charge in [-0.25, -0.2) is 0 Å². The molecule has 2 rings (SSSR count). The van der Waals surface area contributed by atoms with Crippen molar-refractivity contribution in [3.63, 3.8) is 0 Å². The first-order chi connectivity index (χ1) is 11.5. The van der Waals surface area contributed by atoms with Gasteiger partial charge in [0.2, 0.25) is 5.91 Å².